The van der Waals surface area contributed by atoms with Crippen LogP contribution in [0.5, 0.6) is 0 Å². The summed E-state index contributed by atoms with van der Waals surface area (Å²) < 4.78 is 0. The number of hydrogen-bond acceptors (Lipinski definition) is 2. The van der Waals surface area contributed by atoms with Crippen molar-refractivity contribution in [1.29, 1.82) is 0 Å². The van der Waals surface area contributed by atoms with E-state index in [0.717, 1.165) is 25.7 Å². The van der Waals surface area contributed by atoms with Gasteiger partial charge in [-0.2, -0.15) is 0 Å². The third-order valence-electron chi connectivity index (χ3n) is 4.52. The van der Waals surface area contributed by atoms with Crippen LogP contribution in [0.25, 0.3) is 0 Å². The van der Waals surface area contributed by atoms with Crippen LogP contribution in [0.1, 0.15) is 44.6 Å². The number of carbonyl (C=O) groups excluding carboxylic acids is 1. The highest BCUT2D eigenvalue weighted by Gasteiger charge is 2.35. The smallest absolute Gasteiger partial charge is 0.307 e. The molecule has 0 aromatic heterocycles. The Hall–Kier alpha value is -1.84. The molecule has 2 rings (SSSR count). The largest absolute Gasteiger partial charge is 0.481 e. The van der Waals surface area contributed by atoms with E-state index in [0.29, 0.717) is 12.8 Å². The first-order valence-electron chi connectivity index (χ1n) is 8.15. The van der Waals surface area contributed by atoms with Gasteiger partial charge in [0.25, 0.3) is 0 Å². The van der Waals surface area contributed by atoms with Crippen molar-refractivity contribution in [3.05, 3.63) is 35.9 Å². The lowest BCUT2D eigenvalue weighted by Gasteiger charge is -2.28. The molecular weight excluding hydrogens is 278 g/mol. The topological polar surface area (TPSA) is 66.4 Å². The summed E-state index contributed by atoms with van der Waals surface area (Å²) in [6, 6.07) is 10.2. The molecule has 1 aliphatic carbocycles. The Labute approximate surface area is 131 Å². The van der Waals surface area contributed by atoms with E-state index in [1.165, 1.54) is 5.56 Å². The second kappa shape index (κ2) is 7.97. The SMILES string of the molecule is C[C@@H](CCc1ccccc1)NC(=O)[C@H]1CCCC[C@@H]1C(=O)O. The maximum Gasteiger partial charge on any atom is 0.307 e. The van der Waals surface area contributed by atoms with Crippen LogP contribution in [-0.2, 0) is 16.0 Å². The fraction of sp³-hybridized carbons (Fsp3) is 0.556. The van der Waals surface area contributed by atoms with Gasteiger partial charge in [-0.25, -0.2) is 0 Å². The second-order valence-electron chi connectivity index (χ2n) is 6.27. The Kier molecular flexibility index (Phi) is 5.99. The number of rotatable bonds is 6. The molecule has 1 aliphatic rings. The van der Waals surface area contributed by atoms with E-state index in [1.807, 2.05) is 25.1 Å². The zero-order valence-corrected chi connectivity index (χ0v) is 13.1. The van der Waals surface area contributed by atoms with Gasteiger partial charge in [-0.05, 0) is 38.2 Å². The lowest BCUT2D eigenvalue weighted by Crippen LogP contribution is -2.43. The lowest BCUT2D eigenvalue weighted by atomic mass is 9.78. The van der Waals surface area contributed by atoms with E-state index in [2.05, 4.69) is 17.4 Å². The van der Waals surface area contributed by atoms with E-state index in [4.69, 9.17) is 0 Å². The van der Waals surface area contributed by atoms with Crippen LogP contribution in [0.2, 0.25) is 0 Å². The Morgan fingerprint density at radius 3 is 2.45 bits per heavy atom. The van der Waals surface area contributed by atoms with Crippen LogP contribution in [0, 0.1) is 11.8 Å². The van der Waals surface area contributed by atoms with E-state index in [9.17, 15) is 14.7 Å². The number of nitrogens with one attached hydrogen (secondary N) is 1. The van der Waals surface area contributed by atoms with Gasteiger partial charge in [-0.15, -0.1) is 0 Å². The van der Waals surface area contributed by atoms with E-state index >= 15 is 0 Å². The van der Waals surface area contributed by atoms with Crippen LogP contribution in [0.4, 0.5) is 0 Å². The van der Waals surface area contributed by atoms with Crippen molar-refractivity contribution in [3.63, 3.8) is 0 Å². The zero-order valence-electron chi connectivity index (χ0n) is 13.1. The fourth-order valence-electron chi connectivity index (χ4n) is 3.19. The molecule has 0 spiro atoms. The van der Waals surface area contributed by atoms with Crippen molar-refractivity contribution in [1.82, 2.24) is 5.32 Å². The number of aryl methyl sites for hydroxylation is 1. The first kappa shape index (κ1) is 16.5. The third-order valence-corrected chi connectivity index (χ3v) is 4.52. The summed E-state index contributed by atoms with van der Waals surface area (Å²) in [7, 11) is 0. The van der Waals surface area contributed by atoms with E-state index in [1.54, 1.807) is 0 Å². The van der Waals surface area contributed by atoms with Crippen LogP contribution in [0.3, 0.4) is 0 Å². The van der Waals surface area contributed by atoms with Gasteiger partial charge in [0.05, 0.1) is 11.8 Å². The first-order valence-corrected chi connectivity index (χ1v) is 8.15. The van der Waals surface area contributed by atoms with Crippen molar-refractivity contribution in [2.24, 2.45) is 11.8 Å². The van der Waals surface area contributed by atoms with Crippen molar-refractivity contribution in [2.75, 3.05) is 0 Å². The molecule has 0 radical (unpaired) electrons. The minimum Gasteiger partial charge on any atom is -0.481 e. The number of carboxylic acids is 1. The van der Waals surface area contributed by atoms with Gasteiger partial charge in [-0.3, -0.25) is 9.59 Å². The predicted octanol–water partition coefficient (Wildman–Crippen LogP) is 3.01. The quantitative estimate of drug-likeness (QED) is 0.849. The molecule has 1 amide bonds. The highest BCUT2D eigenvalue weighted by atomic mass is 16.4. The van der Waals surface area contributed by atoms with Gasteiger partial charge in [0.1, 0.15) is 0 Å². The monoisotopic (exact) mass is 303 g/mol. The molecule has 0 heterocycles. The highest BCUT2D eigenvalue weighted by molar-refractivity contribution is 5.85. The van der Waals surface area contributed by atoms with Gasteiger partial charge in [0, 0.05) is 6.04 Å². The molecule has 0 bridgehead atoms. The van der Waals surface area contributed by atoms with Crippen molar-refractivity contribution in [3.8, 4) is 0 Å². The van der Waals surface area contributed by atoms with Crippen LogP contribution >= 0.6 is 0 Å². The maximum absolute atomic E-state index is 12.4. The molecule has 3 atom stereocenters. The Morgan fingerprint density at radius 2 is 1.82 bits per heavy atom. The number of carboxylic acid groups (broad SMARTS) is 1. The summed E-state index contributed by atoms with van der Waals surface area (Å²) >= 11 is 0. The maximum atomic E-state index is 12.4. The van der Waals surface area contributed by atoms with E-state index < -0.39 is 11.9 Å². The number of hydrogen-bond donors (Lipinski definition) is 2. The van der Waals surface area contributed by atoms with Crippen molar-refractivity contribution < 1.29 is 14.7 Å². The normalized spacial score (nSPS) is 22.8. The van der Waals surface area contributed by atoms with Crippen LogP contribution < -0.4 is 5.32 Å². The molecule has 2 N–H and O–H groups in total. The number of aliphatic carboxylic acids is 1. The second-order valence-corrected chi connectivity index (χ2v) is 6.27. The summed E-state index contributed by atoms with van der Waals surface area (Å²) in [6.07, 6.45) is 4.93. The Morgan fingerprint density at radius 1 is 1.18 bits per heavy atom. The van der Waals surface area contributed by atoms with Gasteiger partial charge < -0.3 is 10.4 Å². The molecule has 1 fully saturated rings. The Balaban J connectivity index is 1.83. The van der Waals surface area contributed by atoms with Gasteiger partial charge >= 0.3 is 5.97 Å². The molecule has 1 saturated carbocycles. The minimum absolute atomic E-state index is 0.0593. The van der Waals surface area contributed by atoms with Crippen molar-refractivity contribution in [2.45, 2.75) is 51.5 Å². The van der Waals surface area contributed by atoms with E-state index in [-0.39, 0.29) is 17.9 Å². The molecule has 1 aromatic rings. The molecule has 1 aromatic carbocycles. The highest BCUT2D eigenvalue weighted by Crippen LogP contribution is 2.30. The molecular formula is C18H25NO3. The summed E-state index contributed by atoms with van der Waals surface area (Å²) in [5.41, 5.74) is 1.25. The summed E-state index contributed by atoms with van der Waals surface area (Å²) in [5, 5.41) is 12.3. The molecule has 0 saturated heterocycles. The molecule has 0 unspecified atom stereocenters. The minimum atomic E-state index is -0.836. The fourth-order valence-corrected chi connectivity index (χ4v) is 3.19. The molecule has 120 valence electrons. The standard InChI is InChI=1S/C18H25NO3/c1-13(11-12-14-7-3-2-4-8-14)19-17(20)15-9-5-6-10-16(15)18(21)22/h2-4,7-8,13,15-16H,5-6,9-12H2,1H3,(H,19,20)(H,21,22)/t13-,15-,16-/m0/s1. The van der Waals surface area contributed by atoms with Gasteiger partial charge in [0.2, 0.25) is 5.91 Å². The molecule has 4 heteroatoms. The summed E-state index contributed by atoms with van der Waals surface area (Å²) in [4.78, 5) is 23.6. The predicted molar refractivity (Wildman–Crippen MR) is 85.5 cm³/mol. The molecule has 22 heavy (non-hydrogen) atoms. The van der Waals surface area contributed by atoms with Crippen LogP contribution in [0.15, 0.2) is 30.3 Å². The van der Waals surface area contributed by atoms with Crippen molar-refractivity contribution >= 4 is 11.9 Å². The average molecular weight is 303 g/mol. The average Bonchev–Trinajstić information content (AvgIpc) is 2.54. The summed E-state index contributed by atoms with van der Waals surface area (Å²) in [5.74, 6) is -1.81. The molecule has 0 aliphatic heterocycles. The number of benzene rings is 1. The number of carbonyl (C=O) groups is 2. The zero-order chi connectivity index (χ0) is 15.9. The van der Waals surface area contributed by atoms with Gasteiger partial charge in [-0.1, -0.05) is 43.2 Å². The summed E-state index contributed by atoms with van der Waals surface area (Å²) in [6.45, 7) is 1.99. The lowest BCUT2D eigenvalue weighted by molar-refractivity contribution is -0.149. The Bertz CT molecular complexity index is 500. The first-order chi connectivity index (χ1) is 10.6. The van der Waals surface area contributed by atoms with Crippen LogP contribution in [-0.4, -0.2) is 23.0 Å². The molecule has 4 nitrogen and oxygen atoms in total. The van der Waals surface area contributed by atoms with Gasteiger partial charge in [0.15, 0.2) is 0 Å². The number of amides is 1. The third kappa shape index (κ3) is 4.58.